The number of halogens is 2. The lowest BCUT2D eigenvalue weighted by Crippen LogP contribution is -2.89. The molecule has 0 saturated carbocycles. The van der Waals surface area contributed by atoms with Gasteiger partial charge >= 0.3 is 5.92 Å². The highest BCUT2D eigenvalue weighted by Gasteiger charge is 2.30. The van der Waals surface area contributed by atoms with Crippen LogP contribution in [0.2, 0.25) is 0 Å². The molecule has 5 nitrogen and oxygen atoms in total. The lowest BCUT2D eigenvalue weighted by Gasteiger charge is -2.26. The predicted molar refractivity (Wildman–Crippen MR) is 70.4 cm³/mol. The Bertz CT molecular complexity index is 409. The van der Waals surface area contributed by atoms with Crippen LogP contribution in [-0.2, 0) is 4.74 Å². The summed E-state index contributed by atoms with van der Waals surface area (Å²) in [6.07, 6.45) is 1.48. The maximum atomic E-state index is 13.2. The third-order valence-corrected chi connectivity index (χ3v) is 3.06. The Morgan fingerprint density at radius 1 is 1.30 bits per heavy atom. The van der Waals surface area contributed by atoms with Crippen LogP contribution in [0.15, 0.2) is 18.3 Å². The number of nitrogens with zero attached hydrogens (tertiary/aromatic N) is 2. The fourth-order valence-electron chi connectivity index (χ4n) is 2.07. The zero-order chi connectivity index (χ0) is 14.4. The topological polar surface area (TPSA) is 51.2 Å². The number of anilines is 1. The molecule has 112 valence electrons. The van der Waals surface area contributed by atoms with Crippen molar-refractivity contribution in [2.75, 3.05) is 51.4 Å². The van der Waals surface area contributed by atoms with Crippen molar-refractivity contribution in [3.05, 3.63) is 18.3 Å². The average Bonchev–Trinajstić information content (AvgIpc) is 2.47. The molecule has 0 amide bonds. The molecule has 0 bridgehead atoms. The van der Waals surface area contributed by atoms with Crippen LogP contribution in [0.5, 0.6) is 5.75 Å². The van der Waals surface area contributed by atoms with Crippen molar-refractivity contribution in [3.63, 3.8) is 0 Å². The minimum Gasteiger partial charge on any atom is -0.486 e. The van der Waals surface area contributed by atoms with E-state index in [1.165, 1.54) is 13.3 Å². The van der Waals surface area contributed by atoms with Crippen molar-refractivity contribution in [1.82, 2.24) is 4.98 Å². The molecule has 2 heterocycles. The van der Waals surface area contributed by atoms with Crippen molar-refractivity contribution in [3.8, 4) is 5.75 Å². The molecule has 0 unspecified atom stereocenters. The van der Waals surface area contributed by atoms with Gasteiger partial charge in [-0.2, -0.15) is 0 Å². The first-order valence-electron chi connectivity index (χ1n) is 6.63. The van der Waals surface area contributed by atoms with Crippen molar-refractivity contribution in [2.24, 2.45) is 0 Å². The summed E-state index contributed by atoms with van der Waals surface area (Å²) in [5, 5.41) is 2.26. The van der Waals surface area contributed by atoms with Gasteiger partial charge in [0.15, 0.2) is 6.61 Å². The van der Waals surface area contributed by atoms with E-state index in [-0.39, 0.29) is 0 Å². The zero-order valence-corrected chi connectivity index (χ0v) is 11.5. The van der Waals surface area contributed by atoms with Crippen molar-refractivity contribution in [2.45, 2.75) is 5.92 Å². The molecular weight excluding hydrogens is 268 g/mol. The number of rotatable bonds is 6. The molecule has 0 spiro atoms. The highest BCUT2D eigenvalue weighted by molar-refractivity contribution is 5.40. The van der Waals surface area contributed by atoms with Crippen LogP contribution < -0.4 is 15.0 Å². The van der Waals surface area contributed by atoms with E-state index < -0.39 is 19.1 Å². The number of methoxy groups -OCH3 is 1. The maximum Gasteiger partial charge on any atom is 0.304 e. The summed E-state index contributed by atoms with van der Waals surface area (Å²) in [5.41, 5.74) is 0. The summed E-state index contributed by atoms with van der Waals surface area (Å²) in [6.45, 7) is 2.62. The molecule has 2 N–H and O–H groups in total. The SMILES string of the molecule is COCC(F)(F)COc1ccc(N2CC[NH2+]CC2)nc1. The van der Waals surface area contributed by atoms with Gasteiger partial charge in [0, 0.05) is 7.11 Å². The van der Waals surface area contributed by atoms with Gasteiger partial charge in [-0.1, -0.05) is 0 Å². The first-order valence-corrected chi connectivity index (χ1v) is 6.63. The van der Waals surface area contributed by atoms with E-state index in [0.29, 0.717) is 5.75 Å². The fourth-order valence-corrected chi connectivity index (χ4v) is 2.07. The van der Waals surface area contributed by atoms with E-state index in [0.717, 1.165) is 32.0 Å². The third-order valence-electron chi connectivity index (χ3n) is 3.06. The summed E-state index contributed by atoms with van der Waals surface area (Å²) < 4.78 is 35.9. The van der Waals surface area contributed by atoms with E-state index in [1.54, 1.807) is 12.1 Å². The van der Waals surface area contributed by atoms with Gasteiger partial charge in [0.25, 0.3) is 0 Å². The Morgan fingerprint density at radius 3 is 2.65 bits per heavy atom. The maximum absolute atomic E-state index is 13.2. The molecule has 1 aliphatic rings. The van der Waals surface area contributed by atoms with Crippen LogP contribution in [0.4, 0.5) is 14.6 Å². The van der Waals surface area contributed by atoms with E-state index in [4.69, 9.17) is 4.74 Å². The second-order valence-corrected chi connectivity index (χ2v) is 4.78. The molecule has 20 heavy (non-hydrogen) atoms. The Labute approximate surface area is 116 Å². The standard InChI is InChI=1S/C13H19F2N3O2/c1-19-9-13(14,15)10-20-11-2-3-12(17-8-11)18-6-4-16-5-7-18/h2-3,8,16H,4-7,9-10H2,1H3/p+1. The highest BCUT2D eigenvalue weighted by Crippen LogP contribution is 2.19. The number of nitrogens with two attached hydrogens (primary N) is 1. The summed E-state index contributed by atoms with van der Waals surface area (Å²) in [4.78, 5) is 6.43. The van der Waals surface area contributed by atoms with Crippen molar-refractivity contribution < 1.29 is 23.6 Å². The second kappa shape index (κ2) is 6.81. The number of ether oxygens (including phenoxy) is 2. The minimum absolute atomic E-state index is 0.341. The number of hydrogen-bond donors (Lipinski definition) is 1. The molecule has 2 rings (SSSR count). The van der Waals surface area contributed by atoms with E-state index in [1.807, 2.05) is 0 Å². The largest absolute Gasteiger partial charge is 0.486 e. The van der Waals surface area contributed by atoms with E-state index >= 15 is 0 Å². The van der Waals surface area contributed by atoms with Crippen LogP contribution in [0.1, 0.15) is 0 Å². The number of alkyl halides is 2. The number of pyridine rings is 1. The summed E-state index contributed by atoms with van der Waals surface area (Å²) in [6, 6.07) is 3.47. The Morgan fingerprint density at radius 2 is 2.05 bits per heavy atom. The molecule has 0 atom stereocenters. The van der Waals surface area contributed by atoms with Gasteiger partial charge in [-0.05, 0) is 12.1 Å². The highest BCUT2D eigenvalue weighted by atomic mass is 19.3. The summed E-state index contributed by atoms with van der Waals surface area (Å²) in [7, 11) is 1.24. The van der Waals surface area contributed by atoms with Crippen molar-refractivity contribution >= 4 is 5.82 Å². The molecule has 1 aromatic heterocycles. The molecular formula is C13H20F2N3O2+. The first kappa shape index (κ1) is 14.9. The van der Waals surface area contributed by atoms with Crippen LogP contribution >= 0.6 is 0 Å². The number of hydrogen-bond acceptors (Lipinski definition) is 4. The van der Waals surface area contributed by atoms with Gasteiger partial charge in [0.2, 0.25) is 0 Å². The Kier molecular flexibility index (Phi) is 5.08. The number of quaternary nitrogens is 1. The number of piperazine rings is 1. The van der Waals surface area contributed by atoms with E-state index in [9.17, 15) is 8.78 Å². The zero-order valence-electron chi connectivity index (χ0n) is 11.5. The van der Waals surface area contributed by atoms with Crippen molar-refractivity contribution in [1.29, 1.82) is 0 Å². The molecule has 0 aromatic carbocycles. The average molecular weight is 288 g/mol. The summed E-state index contributed by atoms with van der Waals surface area (Å²) in [5.74, 6) is -1.79. The van der Waals surface area contributed by atoms with Crippen LogP contribution in [-0.4, -0.2) is 57.4 Å². The smallest absolute Gasteiger partial charge is 0.304 e. The molecule has 1 saturated heterocycles. The van der Waals surface area contributed by atoms with Gasteiger partial charge in [0.1, 0.15) is 18.2 Å². The molecule has 1 fully saturated rings. The van der Waals surface area contributed by atoms with Crippen LogP contribution in [0.25, 0.3) is 0 Å². The summed E-state index contributed by atoms with van der Waals surface area (Å²) >= 11 is 0. The predicted octanol–water partition coefficient (Wildman–Crippen LogP) is 0.126. The first-order chi connectivity index (χ1) is 9.61. The van der Waals surface area contributed by atoms with Gasteiger partial charge in [-0.15, -0.1) is 0 Å². The molecule has 0 radical (unpaired) electrons. The quantitative estimate of drug-likeness (QED) is 0.808. The lowest BCUT2D eigenvalue weighted by atomic mass is 10.3. The molecule has 0 aliphatic carbocycles. The fraction of sp³-hybridized carbons (Fsp3) is 0.615. The van der Waals surface area contributed by atoms with Crippen LogP contribution in [0.3, 0.4) is 0 Å². The van der Waals surface area contributed by atoms with Crippen LogP contribution in [0, 0.1) is 0 Å². The van der Waals surface area contributed by atoms with Gasteiger partial charge in [0.05, 0.1) is 32.4 Å². The number of aromatic nitrogens is 1. The molecule has 7 heteroatoms. The molecule has 1 aromatic rings. The molecule has 1 aliphatic heterocycles. The third kappa shape index (κ3) is 4.28. The van der Waals surface area contributed by atoms with Gasteiger partial charge in [-0.25, -0.2) is 13.8 Å². The normalized spacial score (nSPS) is 16.2. The Hall–Kier alpha value is -1.47. The van der Waals surface area contributed by atoms with Gasteiger partial charge < -0.3 is 19.7 Å². The monoisotopic (exact) mass is 288 g/mol. The van der Waals surface area contributed by atoms with Gasteiger partial charge in [-0.3, -0.25) is 0 Å². The van der Waals surface area contributed by atoms with E-state index in [2.05, 4.69) is 19.9 Å². The Balaban J connectivity index is 1.88. The second-order valence-electron chi connectivity index (χ2n) is 4.78. The lowest BCUT2D eigenvalue weighted by molar-refractivity contribution is -0.655. The minimum atomic E-state index is -2.99.